The predicted molar refractivity (Wildman–Crippen MR) is 76.3 cm³/mol. The standard InChI is InChI=1S/C16H17NO4/c1-17(11-14-8-5-9-20-14)15(18)12-21-16(19)10-13-6-3-2-4-7-13/h2-9H,10-12H2,1H3. The van der Waals surface area contributed by atoms with Crippen LogP contribution in [0.4, 0.5) is 0 Å². The van der Waals surface area contributed by atoms with Crippen LogP contribution in [-0.4, -0.2) is 30.4 Å². The molecule has 2 rings (SSSR count). The van der Waals surface area contributed by atoms with E-state index in [2.05, 4.69) is 0 Å². The van der Waals surface area contributed by atoms with E-state index in [1.807, 2.05) is 30.3 Å². The van der Waals surface area contributed by atoms with Gasteiger partial charge in [-0.25, -0.2) is 0 Å². The Kier molecular flexibility index (Phi) is 5.15. The van der Waals surface area contributed by atoms with E-state index in [4.69, 9.17) is 9.15 Å². The van der Waals surface area contributed by atoms with Gasteiger partial charge in [0.05, 0.1) is 19.2 Å². The summed E-state index contributed by atoms with van der Waals surface area (Å²) in [4.78, 5) is 24.9. The maximum Gasteiger partial charge on any atom is 0.310 e. The van der Waals surface area contributed by atoms with E-state index in [1.165, 1.54) is 4.90 Å². The molecule has 5 heteroatoms. The molecule has 0 saturated heterocycles. The second-order valence-electron chi connectivity index (χ2n) is 4.65. The van der Waals surface area contributed by atoms with Gasteiger partial charge in [0.15, 0.2) is 6.61 Å². The van der Waals surface area contributed by atoms with Gasteiger partial charge in [0.1, 0.15) is 5.76 Å². The van der Waals surface area contributed by atoms with Gasteiger partial charge in [-0.1, -0.05) is 30.3 Å². The van der Waals surface area contributed by atoms with E-state index in [0.29, 0.717) is 12.3 Å². The average molecular weight is 287 g/mol. The molecule has 1 amide bonds. The molecule has 0 aliphatic heterocycles. The molecule has 0 saturated carbocycles. The monoisotopic (exact) mass is 287 g/mol. The maximum absolute atomic E-state index is 11.8. The van der Waals surface area contributed by atoms with Crippen molar-refractivity contribution in [3.8, 4) is 0 Å². The summed E-state index contributed by atoms with van der Waals surface area (Å²) in [6.45, 7) is 0.0882. The molecule has 0 aliphatic rings. The minimum absolute atomic E-state index is 0.163. The molecule has 0 radical (unpaired) electrons. The van der Waals surface area contributed by atoms with Gasteiger partial charge >= 0.3 is 5.97 Å². The number of ether oxygens (including phenoxy) is 1. The van der Waals surface area contributed by atoms with Crippen LogP contribution in [0.25, 0.3) is 0 Å². The number of carbonyl (C=O) groups is 2. The number of rotatable bonds is 6. The second-order valence-corrected chi connectivity index (χ2v) is 4.65. The SMILES string of the molecule is CN(Cc1ccco1)C(=O)COC(=O)Cc1ccccc1. The van der Waals surface area contributed by atoms with Gasteiger partial charge in [-0.2, -0.15) is 0 Å². The number of esters is 1. The Morgan fingerprint density at radius 1 is 1.14 bits per heavy atom. The van der Waals surface area contributed by atoms with Gasteiger partial charge in [0.2, 0.25) is 0 Å². The molecule has 0 N–H and O–H groups in total. The van der Waals surface area contributed by atoms with Crippen molar-refractivity contribution in [2.75, 3.05) is 13.7 Å². The van der Waals surface area contributed by atoms with E-state index in [-0.39, 0.29) is 18.9 Å². The van der Waals surface area contributed by atoms with Crippen molar-refractivity contribution in [1.82, 2.24) is 4.90 Å². The fourth-order valence-corrected chi connectivity index (χ4v) is 1.79. The Labute approximate surface area is 123 Å². The summed E-state index contributed by atoms with van der Waals surface area (Å²) in [6, 6.07) is 12.8. The Morgan fingerprint density at radius 3 is 2.57 bits per heavy atom. The molecule has 1 aromatic heterocycles. The smallest absolute Gasteiger partial charge is 0.310 e. The lowest BCUT2D eigenvalue weighted by atomic mass is 10.2. The first-order chi connectivity index (χ1) is 10.1. The van der Waals surface area contributed by atoms with Crippen molar-refractivity contribution in [3.05, 3.63) is 60.1 Å². The summed E-state index contributed by atoms with van der Waals surface area (Å²) in [7, 11) is 1.63. The Morgan fingerprint density at radius 2 is 1.90 bits per heavy atom. The van der Waals surface area contributed by atoms with E-state index in [9.17, 15) is 9.59 Å². The Bertz CT molecular complexity index is 578. The highest BCUT2D eigenvalue weighted by atomic mass is 16.5. The molecule has 1 aromatic carbocycles. The van der Waals surface area contributed by atoms with Crippen LogP contribution in [-0.2, 0) is 27.3 Å². The van der Waals surface area contributed by atoms with Crippen molar-refractivity contribution < 1.29 is 18.7 Å². The van der Waals surface area contributed by atoms with Crippen LogP contribution in [0.5, 0.6) is 0 Å². The molecule has 21 heavy (non-hydrogen) atoms. The maximum atomic E-state index is 11.8. The van der Waals surface area contributed by atoms with Crippen LogP contribution < -0.4 is 0 Å². The summed E-state index contributed by atoms with van der Waals surface area (Å²) in [5, 5.41) is 0. The highest BCUT2D eigenvalue weighted by Gasteiger charge is 2.13. The quantitative estimate of drug-likeness (QED) is 0.763. The minimum atomic E-state index is -0.416. The molecule has 0 spiro atoms. The zero-order valence-corrected chi connectivity index (χ0v) is 11.8. The number of hydrogen-bond acceptors (Lipinski definition) is 4. The number of nitrogens with zero attached hydrogens (tertiary/aromatic N) is 1. The summed E-state index contributed by atoms with van der Waals surface area (Å²) in [5.41, 5.74) is 0.860. The predicted octanol–water partition coefficient (Wildman–Crippen LogP) is 2.02. The summed E-state index contributed by atoms with van der Waals surface area (Å²) in [5.74, 6) is -0.00442. The van der Waals surface area contributed by atoms with Gasteiger partial charge in [0.25, 0.3) is 5.91 Å². The number of likely N-dealkylation sites (N-methyl/N-ethyl adjacent to an activating group) is 1. The van der Waals surface area contributed by atoms with Crippen molar-refractivity contribution >= 4 is 11.9 Å². The van der Waals surface area contributed by atoms with Crippen molar-refractivity contribution in [2.24, 2.45) is 0 Å². The molecule has 5 nitrogen and oxygen atoms in total. The van der Waals surface area contributed by atoms with E-state index >= 15 is 0 Å². The van der Waals surface area contributed by atoms with Crippen molar-refractivity contribution in [3.63, 3.8) is 0 Å². The highest BCUT2D eigenvalue weighted by Crippen LogP contribution is 2.05. The molecule has 2 aromatic rings. The topological polar surface area (TPSA) is 59.8 Å². The van der Waals surface area contributed by atoms with E-state index < -0.39 is 5.97 Å². The van der Waals surface area contributed by atoms with Crippen LogP contribution in [0.15, 0.2) is 53.1 Å². The molecule has 0 atom stereocenters. The largest absolute Gasteiger partial charge is 0.467 e. The number of hydrogen-bond donors (Lipinski definition) is 0. The zero-order chi connectivity index (χ0) is 15.1. The zero-order valence-electron chi connectivity index (χ0n) is 11.8. The third-order valence-corrected chi connectivity index (χ3v) is 2.95. The van der Waals surface area contributed by atoms with Crippen LogP contribution >= 0.6 is 0 Å². The molecule has 0 fully saturated rings. The molecular formula is C16H17NO4. The summed E-state index contributed by atoms with van der Waals surface area (Å²) in [6.07, 6.45) is 1.71. The third kappa shape index (κ3) is 4.80. The number of amides is 1. The number of furan rings is 1. The summed E-state index contributed by atoms with van der Waals surface area (Å²) < 4.78 is 10.1. The van der Waals surface area contributed by atoms with Gasteiger partial charge in [-0.05, 0) is 17.7 Å². The van der Waals surface area contributed by atoms with Crippen molar-refractivity contribution in [1.29, 1.82) is 0 Å². The van der Waals surface area contributed by atoms with Crippen molar-refractivity contribution in [2.45, 2.75) is 13.0 Å². The second kappa shape index (κ2) is 7.28. The highest BCUT2D eigenvalue weighted by molar-refractivity contribution is 5.81. The third-order valence-electron chi connectivity index (χ3n) is 2.95. The van der Waals surface area contributed by atoms with Gasteiger partial charge in [0, 0.05) is 7.05 Å². The van der Waals surface area contributed by atoms with Crippen LogP contribution in [0, 0.1) is 0 Å². The Hall–Kier alpha value is -2.56. The minimum Gasteiger partial charge on any atom is -0.467 e. The summed E-state index contributed by atoms with van der Waals surface area (Å²) >= 11 is 0. The first kappa shape index (κ1) is 14.8. The average Bonchev–Trinajstić information content (AvgIpc) is 2.98. The fraction of sp³-hybridized carbons (Fsp3) is 0.250. The van der Waals surface area contributed by atoms with E-state index in [0.717, 1.165) is 5.56 Å². The van der Waals surface area contributed by atoms with Gasteiger partial charge in [-0.3, -0.25) is 9.59 Å². The molecule has 1 heterocycles. The molecular weight excluding hydrogens is 270 g/mol. The van der Waals surface area contributed by atoms with Gasteiger partial charge < -0.3 is 14.1 Å². The van der Waals surface area contributed by atoms with Crippen LogP contribution in [0.1, 0.15) is 11.3 Å². The first-order valence-electron chi connectivity index (χ1n) is 6.61. The lowest BCUT2D eigenvalue weighted by Gasteiger charge is -2.15. The molecule has 0 bridgehead atoms. The Balaban J connectivity index is 1.74. The fourth-order valence-electron chi connectivity index (χ4n) is 1.79. The number of carbonyl (C=O) groups excluding carboxylic acids is 2. The lowest BCUT2D eigenvalue weighted by Crippen LogP contribution is -2.30. The molecule has 0 aliphatic carbocycles. The molecule has 0 unspecified atom stereocenters. The van der Waals surface area contributed by atoms with Gasteiger partial charge in [-0.15, -0.1) is 0 Å². The van der Waals surface area contributed by atoms with E-state index in [1.54, 1.807) is 25.4 Å². The van der Waals surface area contributed by atoms with Crippen LogP contribution in [0.3, 0.4) is 0 Å². The molecule has 110 valence electrons. The lowest BCUT2D eigenvalue weighted by molar-refractivity contribution is -0.151. The first-order valence-corrected chi connectivity index (χ1v) is 6.61. The van der Waals surface area contributed by atoms with Crippen LogP contribution in [0.2, 0.25) is 0 Å². The number of benzene rings is 1. The normalized spacial score (nSPS) is 10.1.